The molecule has 1 aromatic carbocycles. The number of guanidine groups is 1. The molecule has 4 nitrogen and oxygen atoms in total. The van der Waals surface area contributed by atoms with Crippen LogP contribution in [0.25, 0.3) is 0 Å². The second-order valence-corrected chi connectivity index (χ2v) is 7.12. The van der Waals surface area contributed by atoms with Crippen molar-refractivity contribution in [1.82, 2.24) is 15.5 Å². The smallest absolute Gasteiger partial charge is 0.191 e. The minimum absolute atomic E-state index is 0. The molecule has 0 spiro atoms. The van der Waals surface area contributed by atoms with E-state index in [2.05, 4.69) is 46.7 Å². The van der Waals surface area contributed by atoms with Crippen molar-refractivity contribution in [1.29, 1.82) is 0 Å². The molecule has 0 unspecified atom stereocenters. The van der Waals surface area contributed by atoms with E-state index in [0.717, 1.165) is 38.1 Å². The summed E-state index contributed by atoms with van der Waals surface area (Å²) in [4.78, 5) is 7.40. The Balaban J connectivity index is 0.00000225. The Bertz CT molecular complexity index is 536. The summed E-state index contributed by atoms with van der Waals surface area (Å²) in [5.74, 6) is 1.82. The number of aliphatic imine (C=N–C) groups is 1. The maximum atomic E-state index is 4.81. The molecule has 5 heteroatoms. The molecule has 3 rings (SSSR count). The van der Waals surface area contributed by atoms with Crippen molar-refractivity contribution < 1.29 is 0 Å². The van der Waals surface area contributed by atoms with Crippen LogP contribution in [0, 0.1) is 5.92 Å². The molecule has 1 saturated carbocycles. The molecule has 1 heterocycles. The van der Waals surface area contributed by atoms with E-state index in [1.54, 1.807) is 0 Å². The van der Waals surface area contributed by atoms with Crippen LogP contribution in [-0.2, 0) is 13.1 Å². The molecule has 0 atom stereocenters. The van der Waals surface area contributed by atoms with E-state index in [0.29, 0.717) is 0 Å². The molecule has 1 aliphatic heterocycles. The number of nitrogens with zero attached hydrogens (tertiary/aromatic N) is 2. The van der Waals surface area contributed by atoms with E-state index < -0.39 is 0 Å². The van der Waals surface area contributed by atoms with Crippen LogP contribution in [0.5, 0.6) is 0 Å². The van der Waals surface area contributed by atoms with Crippen LogP contribution in [0.3, 0.4) is 0 Å². The molecule has 0 bridgehead atoms. The Morgan fingerprint density at radius 3 is 2.48 bits per heavy atom. The second-order valence-electron chi connectivity index (χ2n) is 7.12. The predicted molar refractivity (Wildman–Crippen MR) is 117 cm³/mol. The Morgan fingerprint density at radius 2 is 1.80 bits per heavy atom. The van der Waals surface area contributed by atoms with Gasteiger partial charge in [-0.1, -0.05) is 30.7 Å². The first-order chi connectivity index (χ1) is 11.8. The first kappa shape index (κ1) is 20.5. The van der Waals surface area contributed by atoms with Gasteiger partial charge in [-0.3, -0.25) is 4.90 Å². The monoisotopic (exact) mass is 456 g/mol. The highest BCUT2D eigenvalue weighted by molar-refractivity contribution is 14.0. The Morgan fingerprint density at radius 1 is 1.08 bits per heavy atom. The number of rotatable bonds is 7. The maximum absolute atomic E-state index is 4.81. The van der Waals surface area contributed by atoms with Gasteiger partial charge in [-0.05, 0) is 62.7 Å². The third-order valence-electron chi connectivity index (χ3n) is 4.97. The third-order valence-corrected chi connectivity index (χ3v) is 4.97. The summed E-state index contributed by atoms with van der Waals surface area (Å²) in [5.41, 5.74) is 2.79. The molecule has 2 fully saturated rings. The third kappa shape index (κ3) is 7.13. The van der Waals surface area contributed by atoms with Crippen LogP contribution < -0.4 is 10.6 Å². The second kappa shape index (κ2) is 11.0. The van der Waals surface area contributed by atoms with Crippen molar-refractivity contribution in [3.05, 3.63) is 35.4 Å². The van der Waals surface area contributed by atoms with Crippen molar-refractivity contribution in [2.75, 3.05) is 26.2 Å². The lowest BCUT2D eigenvalue weighted by molar-refractivity contribution is 0.220. The van der Waals surface area contributed by atoms with Gasteiger partial charge in [-0.15, -0.1) is 24.0 Å². The van der Waals surface area contributed by atoms with Crippen LogP contribution in [-0.4, -0.2) is 37.0 Å². The summed E-state index contributed by atoms with van der Waals surface area (Å²) in [6.07, 6.45) is 6.81. The number of hydrogen-bond acceptors (Lipinski definition) is 2. The molecule has 0 aromatic heterocycles. The molecule has 2 aliphatic rings. The summed E-state index contributed by atoms with van der Waals surface area (Å²) >= 11 is 0. The van der Waals surface area contributed by atoms with Gasteiger partial charge >= 0.3 is 0 Å². The molecular formula is C20H33IN4. The maximum Gasteiger partial charge on any atom is 0.191 e. The SMILES string of the molecule is CCNC(=NCc1ccccc1CN1CCCCC1)NCC1CC1.I. The minimum Gasteiger partial charge on any atom is -0.357 e. The molecule has 2 N–H and O–H groups in total. The highest BCUT2D eigenvalue weighted by atomic mass is 127. The van der Waals surface area contributed by atoms with E-state index in [9.17, 15) is 0 Å². The Hall–Kier alpha value is -0.820. The molecule has 1 saturated heterocycles. The summed E-state index contributed by atoms with van der Waals surface area (Å²) in [7, 11) is 0. The quantitative estimate of drug-likeness (QED) is 0.373. The van der Waals surface area contributed by atoms with Gasteiger partial charge in [0, 0.05) is 19.6 Å². The number of likely N-dealkylation sites (tertiary alicyclic amines) is 1. The van der Waals surface area contributed by atoms with E-state index in [1.165, 1.54) is 56.3 Å². The highest BCUT2D eigenvalue weighted by Gasteiger charge is 2.21. The summed E-state index contributed by atoms with van der Waals surface area (Å²) in [6, 6.07) is 8.79. The van der Waals surface area contributed by atoms with Crippen LogP contribution in [0.15, 0.2) is 29.3 Å². The minimum atomic E-state index is 0. The lowest BCUT2D eigenvalue weighted by Gasteiger charge is -2.27. The molecule has 1 aromatic rings. The van der Waals surface area contributed by atoms with Crippen molar-refractivity contribution in [3.63, 3.8) is 0 Å². The highest BCUT2D eigenvalue weighted by Crippen LogP contribution is 2.27. The zero-order chi connectivity index (χ0) is 16.6. The zero-order valence-electron chi connectivity index (χ0n) is 15.5. The molecule has 25 heavy (non-hydrogen) atoms. The van der Waals surface area contributed by atoms with Gasteiger partial charge < -0.3 is 10.6 Å². The standard InChI is InChI=1S/C20H32N4.HI/c1-2-21-20(22-14-17-10-11-17)23-15-18-8-4-5-9-19(18)16-24-12-6-3-7-13-24;/h4-5,8-9,17H,2-3,6-7,10-16H2,1H3,(H2,21,22,23);1H. The van der Waals surface area contributed by atoms with Crippen molar-refractivity contribution in [2.24, 2.45) is 10.9 Å². The number of nitrogens with one attached hydrogen (secondary N) is 2. The van der Waals surface area contributed by atoms with Crippen LogP contribution >= 0.6 is 24.0 Å². The van der Waals surface area contributed by atoms with Crippen LogP contribution in [0.4, 0.5) is 0 Å². The molecular weight excluding hydrogens is 423 g/mol. The number of hydrogen-bond donors (Lipinski definition) is 2. The first-order valence-electron chi connectivity index (χ1n) is 9.66. The number of piperidine rings is 1. The lowest BCUT2D eigenvalue weighted by atomic mass is 10.1. The Labute approximate surface area is 169 Å². The summed E-state index contributed by atoms with van der Waals surface area (Å²) in [5, 5.41) is 6.85. The fourth-order valence-electron chi connectivity index (χ4n) is 3.29. The van der Waals surface area contributed by atoms with Gasteiger partial charge in [0.05, 0.1) is 6.54 Å². The first-order valence-corrected chi connectivity index (χ1v) is 9.66. The van der Waals surface area contributed by atoms with Gasteiger partial charge in [-0.2, -0.15) is 0 Å². The topological polar surface area (TPSA) is 39.7 Å². The van der Waals surface area contributed by atoms with Crippen molar-refractivity contribution in [2.45, 2.75) is 52.1 Å². The molecule has 0 amide bonds. The zero-order valence-corrected chi connectivity index (χ0v) is 17.8. The Kier molecular flexibility index (Phi) is 9.03. The van der Waals surface area contributed by atoms with Gasteiger partial charge in [0.2, 0.25) is 0 Å². The van der Waals surface area contributed by atoms with E-state index in [4.69, 9.17) is 4.99 Å². The van der Waals surface area contributed by atoms with Gasteiger partial charge in [0.15, 0.2) is 5.96 Å². The summed E-state index contributed by atoms with van der Waals surface area (Å²) < 4.78 is 0. The fraction of sp³-hybridized carbons (Fsp3) is 0.650. The van der Waals surface area contributed by atoms with E-state index in [-0.39, 0.29) is 24.0 Å². The summed E-state index contributed by atoms with van der Waals surface area (Å²) in [6.45, 7) is 8.39. The molecule has 1 aliphatic carbocycles. The lowest BCUT2D eigenvalue weighted by Crippen LogP contribution is -2.38. The van der Waals surface area contributed by atoms with E-state index >= 15 is 0 Å². The fourth-order valence-corrected chi connectivity index (χ4v) is 3.29. The van der Waals surface area contributed by atoms with E-state index in [1.807, 2.05) is 0 Å². The van der Waals surface area contributed by atoms with Crippen LogP contribution in [0.1, 0.15) is 50.2 Å². The van der Waals surface area contributed by atoms with Crippen LogP contribution in [0.2, 0.25) is 0 Å². The van der Waals surface area contributed by atoms with Crippen molar-refractivity contribution >= 4 is 29.9 Å². The molecule has 140 valence electrons. The normalized spacial score (nSPS) is 18.5. The number of halogens is 1. The van der Waals surface area contributed by atoms with Gasteiger partial charge in [0.25, 0.3) is 0 Å². The molecule has 0 radical (unpaired) electrons. The largest absolute Gasteiger partial charge is 0.357 e. The van der Waals surface area contributed by atoms with Gasteiger partial charge in [0.1, 0.15) is 0 Å². The predicted octanol–water partition coefficient (Wildman–Crippen LogP) is 3.76. The number of benzene rings is 1. The van der Waals surface area contributed by atoms with Crippen molar-refractivity contribution in [3.8, 4) is 0 Å². The average molecular weight is 456 g/mol. The van der Waals surface area contributed by atoms with Gasteiger partial charge in [-0.25, -0.2) is 4.99 Å². The average Bonchev–Trinajstić information content (AvgIpc) is 3.44.